The molecule has 0 aromatic heterocycles. The summed E-state index contributed by atoms with van der Waals surface area (Å²) in [5.41, 5.74) is 3.06. The number of nitrogens with one attached hydrogen (secondary N) is 1. The smallest absolute Gasteiger partial charge is 0.0328 e. The van der Waals surface area contributed by atoms with Crippen LogP contribution in [0.15, 0.2) is 23.4 Å². The lowest BCUT2D eigenvalue weighted by Gasteiger charge is -2.22. The fourth-order valence-electron chi connectivity index (χ4n) is 1.68. The minimum Gasteiger partial charge on any atom is -0.385 e. The van der Waals surface area contributed by atoms with Crippen LogP contribution < -0.4 is 5.32 Å². The van der Waals surface area contributed by atoms with Gasteiger partial charge in [0.2, 0.25) is 0 Å². The van der Waals surface area contributed by atoms with Crippen LogP contribution in [0.4, 0.5) is 0 Å². The Labute approximate surface area is 61.8 Å². The van der Waals surface area contributed by atoms with Crippen LogP contribution in [-0.2, 0) is 0 Å². The number of hydrogen-bond donors (Lipinski definition) is 1. The molecule has 0 aromatic carbocycles. The Balaban J connectivity index is 2.23. The molecule has 2 aliphatic rings. The van der Waals surface area contributed by atoms with Crippen molar-refractivity contribution in [2.24, 2.45) is 0 Å². The molecule has 0 atom stereocenters. The first-order valence-corrected chi connectivity index (χ1v) is 4.09. The number of rotatable bonds is 0. The molecule has 0 amide bonds. The zero-order valence-corrected chi connectivity index (χ0v) is 6.19. The van der Waals surface area contributed by atoms with E-state index in [-0.39, 0.29) is 0 Å². The molecule has 2 rings (SSSR count). The lowest BCUT2D eigenvalue weighted by atomic mass is 9.95. The van der Waals surface area contributed by atoms with Crippen LogP contribution in [0.5, 0.6) is 0 Å². The predicted octanol–water partition coefficient (Wildman–Crippen LogP) is 1.97. The van der Waals surface area contributed by atoms with Gasteiger partial charge < -0.3 is 5.32 Å². The predicted molar refractivity (Wildman–Crippen MR) is 42.6 cm³/mol. The van der Waals surface area contributed by atoms with Gasteiger partial charge in [-0.3, -0.25) is 0 Å². The van der Waals surface area contributed by atoms with Crippen LogP contribution >= 0.6 is 0 Å². The van der Waals surface area contributed by atoms with Gasteiger partial charge in [-0.25, -0.2) is 0 Å². The Morgan fingerprint density at radius 3 is 3.20 bits per heavy atom. The van der Waals surface area contributed by atoms with E-state index in [9.17, 15) is 0 Å². The van der Waals surface area contributed by atoms with E-state index < -0.39 is 0 Å². The Kier molecular flexibility index (Phi) is 1.50. The Hall–Kier alpha value is -0.720. The van der Waals surface area contributed by atoms with Crippen molar-refractivity contribution >= 4 is 0 Å². The van der Waals surface area contributed by atoms with Crippen molar-refractivity contribution in [2.75, 3.05) is 6.54 Å². The summed E-state index contributed by atoms with van der Waals surface area (Å²) in [5, 5.41) is 3.41. The van der Waals surface area contributed by atoms with E-state index in [2.05, 4.69) is 17.5 Å². The van der Waals surface area contributed by atoms with Gasteiger partial charge in [0.1, 0.15) is 0 Å². The zero-order chi connectivity index (χ0) is 6.81. The molecule has 54 valence electrons. The molecule has 1 aliphatic heterocycles. The zero-order valence-electron chi connectivity index (χ0n) is 6.19. The van der Waals surface area contributed by atoms with Gasteiger partial charge in [-0.2, -0.15) is 0 Å². The molecule has 0 spiro atoms. The molecule has 0 aromatic rings. The first-order valence-electron chi connectivity index (χ1n) is 4.09. The molecule has 1 heteroatoms. The first kappa shape index (κ1) is 6.02. The van der Waals surface area contributed by atoms with Crippen molar-refractivity contribution < 1.29 is 0 Å². The second-order valence-electron chi connectivity index (χ2n) is 2.99. The molecule has 0 fully saturated rings. The van der Waals surface area contributed by atoms with E-state index in [4.69, 9.17) is 0 Å². The van der Waals surface area contributed by atoms with E-state index in [0.29, 0.717) is 0 Å². The van der Waals surface area contributed by atoms with Crippen LogP contribution in [0, 0.1) is 0 Å². The highest BCUT2D eigenvalue weighted by atomic mass is 14.9. The van der Waals surface area contributed by atoms with Gasteiger partial charge in [0.25, 0.3) is 0 Å². The second-order valence-corrected chi connectivity index (χ2v) is 2.99. The minimum atomic E-state index is 1.17. The first-order chi connectivity index (χ1) is 4.97. The van der Waals surface area contributed by atoms with E-state index in [1.165, 1.54) is 37.9 Å². The lowest BCUT2D eigenvalue weighted by molar-refractivity contribution is 0.642. The topological polar surface area (TPSA) is 12.0 Å². The van der Waals surface area contributed by atoms with Crippen LogP contribution in [0.2, 0.25) is 0 Å². The molecule has 0 unspecified atom stereocenters. The van der Waals surface area contributed by atoms with Gasteiger partial charge in [0.15, 0.2) is 0 Å². The summed E-state index contributed by atoms with van der Waals surface area (Å²) in [5.74, 6) is 0. The highest BCUT2D eigenvalue weighted by molar-refractivity contribution is 5.29. The molecule has 1 N–H and O–H groups in total. The Morgan fingerprint density at radius 1 is 1.30 bits per heavy atom. The number of hydrogen-bond acceptors (Lipinski definition) is 1. The van der Waals surface area contributed by atoms with Crippen molar-refractivity contribution in [3.8, 4) is 0 Å². The highest BCUT2D eigenvalue weighted by Crippen LogP contribution is 2.23. The third-order valence-electron chi connectivity index (χ3n) is 2.25. The molecule has 1 heterocycles. The Morgan fingerprint density at radius 2 is 2.30 bits per heavy atom. The van der Waals surface area contributed by atoms with E-state index in [1.807, 2.05) is 0 Å². The summed E-state index contributed by atoms with van der Waals surface area (Å²) in [6.45, 7) is 1.17. The lowest BCUT2D eigenvalue weighted by Crippen LogP contribution is -2.21. The Bertz CT molecular complexity index is 189. The van der Waals surface area contributed by atoms with Crippen molar-refractivity contribution in [2.45, 2.75) is 25.7 Å². The summed E-state index contributed by atoms with van der Waals surface area (Å²) in [4.78, 5) is 0. The molecular weight excluding hydrogens is 122 g/mol. The maximum Gasteiger partial charge on any atom is 0.0328 e. The standard InChI is InChI=1S/C9H13N/c1-2-6-9-8(4-1)5-3-7-10-9/h2,6,10H,1,3-5,7H2. The summed E-state index contributed by atoms with van der Waals surface area (Å²) in [6.07, 6.45) is 9.69. The van der Waals surface area contributed by atoms with Gasteiger partial charge in [0.05, 0.1) is 0 Å². The average molecular weight is 135 g/mol. The highest BCUT2D eigenvalue weighted by Gasteiger charge is 2.11. The largest absolute Gasteiger partial charge is 0.385 e. The van der Waals surface area contributed by atoms with Crippen molar-refractivity contribution in [3.63, 3.8) is 0 Å². The molecular formula is C9H13N. The monoisotopic (exact) mass is 135 g/mol. The fourth-order valence-corrected chi connectivity index (χ4v) is 1.68. The number of allylic oxidation sites excluding steroid dienone is 3. The second kappa shape index (κ2) is 2.49. The van der Waals surface area contributed by atoms with Gasteiger partial charge in [0, 0.05) is 12.2 Å². The van der Waals surface area contributed by atoms with Crippen molar-refractivity contribution in [3.05, 3.63) is 23.4 Å². The summed E-state index contributed by atoms with van der Waals surface area (Å²) in [6, 6.07) is 0. The van der Waals surface area contributed by atoms with Gasteiger partial charge in [-0.05, 0) is 37.3 Å². The molecule has 10 heavy (non-hydrogen) atoms. The molecule has 1 nitrogen and oxygen atoms in total. The van der Waals surface area contributed by atoms with Crippen molar-refractivity contribution in [1.82, 2.24) is 5.32 Å². The molecule has 0 saturated heterocycles. The molecule has 0 saturated carbocycles. The van der Waals surface area contributed by atoms with Crippen LogP contribution in [0.25, 0.3) is 0 Å². The van der Waals surface area contributed by atoms with Gasteiger partial charge >= 0.3 is 0 Å². The SMILES string of the molecule is C1=CC2=C(CC1)CCCN2. The van der Waals surface area contributed by atoms with Crippen LogP contribution in [0.1, 0.15) is 25.7 Å². The fraction of sp³-hybridized carbons (Fsp3) is 0.556. The maximum atomic E-state index is 3.41. The summed E-state index contributed by atoms with van der Waals surface area (Å²) in [7, 11) is 0. The minimum absolute atomic E-state index is 1.17. The van der Waals surface area contributed by atoms with Crippen molar-refractivity contribution in [1.29, 1.82) is 0 Å². The third-order valence-corrected chi connectivity index (χ3v) is 2.25. The maximum absolute atomic E-state index is 3.41. The van der Waals surface area contributed by atoms with Gasteiger partial charge in [-0.1, -0.05) is 6.08 Å². The van der Waals surface area contributed by atoms with Crippen LogP contribution in [0.3, 0.4) is 0 Å². The summed E-state index contributed by atoms with van der Waals surface area (Å²) >= 11 is 0. The quantitative estimate of drug-likeness (QED) is 0.535. The average Bonchev–Trinajstić information content (AvgIpc) is 2.05. The molecule has 0 bridgehead atoms. The normalized spacial score (nSPS) is 24.0. The summed E-state index contributed by atoms with van der Waals surface area (Å²) < 4.78 is 0. The third kappa shape index (κ3) is 0.962. The molecule has 0 radical (unpaired) electrons. The molecule has 1 aliphatic carbocycles. The van der Waals surface area contributed by atoms with E-state index >= 15 is 0 Å². The van der Waals surface area contributed by atoms with E-state index in [1.54, 1.807) is 5.57 Å². The van der Waals surface area contributed by atoms with E-state index in [0.717, 1.165) is 0 Å². The van der Waals surface area contributed by atoms with Gasteiger partial charge in [-0.15, -0.1) is 0 Å². The van der Waals surface area contributed by atoms with Crippen LogP contribution in [-0.4, -0.2) is 6.54 Å².